The largest absolute Gasteiger partial charge is 0.434 e. The van der Waals surface area contributed by atoms with E-state index >= 15 is 0 Å². The molecule has 1 aromatic carbocycles. The molecule has 2 saturated heterocycles. The van der Waals surface area contributed by atoms with Crippen molar-refractivity contribution < 1.29 is 18.3 Å². The van der Waals surface area contributed by atoms with Gasteiger partial charge in [0.15, 0.2) is 5.96 Å². The summed E-state index contributed by atoms with van der Waals surface area (Å²) >= 11 is 3.35. The maximum Gasteiger partial charge on any atom is 0.387 e. The molecule has 2 aliphatic rings. The van der Waals surface area contributed by atoms with E-state index in [1.54, 1.807) is 12.1 Å². The predicted molar refractivity (Wildman–Crippen MR) is 95.0 cm³/mol. The Balaban J connectivity index is 1.69. The van der Waals surface area contributed by atoms with Gasteiger partial charge in [0, 0.05) is 16.6 Å². The maximum absolute atomic E-state index is 12.6. The third kappa shape index (κ3) is 4.82. The lowest BCUT2D eigenvalue weighted by atomic mass is 9.96. The van der Waals surface area contributed by atoms with Crippen LogP contribution in [-0.4, -0.2) is 37.4 Å². The summed E-state index contributed by atoms with van der Waals surface area (Å²) in [6.45, 7) is 0.0746. The van der Waals surface area contributed by atoms with Crippen LogP contribution in [0.15, 0.2) is 27.7 Å². The van der Waals surface area contributed by atoms with Crippen molar-refractivity contribution in [1.82, 2.24) is 10.6 Å². The van der Waals surface area contributed by atoms with Gasteiger partial charge in [0.2, 0.25) is 0 Å². The zero-order valence-corrected chi connectivity index (χ0v) is 15.6. The number of nitrogens with one attached hydrogen (secondary N) is 2. The topological polar surface area (TPSA) is 54.9 Å². The van der Waals surface area contributed by atoms with E-state index in [1.165, 1.54) is 6.07 Å². The van der Waals surface area contributed by atoms with Crippen molar-refractivity contribution in [2.24, 2.45) is 4.99 Å². The Morgan fingerprint density at radius 1 is 1.44 bits per heavy atom. The fourth-order valence-corrected chi connectivity index (χ4v) is 3.74. The first kappa shape index (κ1) is 18.4. The third-order valence-corrected chi connectivity index (χ3v) is 4.91. The number of hydrogen-bond acceptors (Lipinski definition) is 3. The normalized spacial score (nSPS) is 25.5. The van der Waals surface area contributed by atoms with Crippen molar-refractivity contribution in [2.75, 3.05) is 6.54 Å². The summed E-state index contributed by atoms with van der Waals surface area (Å²) in [5.41, 5.74) is 0.594. The van der Waals surface area contributed by atoms with E-state index in [-0.39, 0.29) is 24.4 Å². The summed E-state index contributed by atoms with van der Waals surface area (Å²) < 4.78 is 36.4. The van der Waals surface area contributed by atoms with Gasteiger partial charge in [-0.05, 0) is 44.4 Å². The fourth-order valence-electron chi connectivity index (χ4n) is 3.33. The first-order chi connectivity index (χ1) is 12.0. The number of benzene rings is 1. The number of rotatable bonds is 6. The highest BCUT2D eigenvalue weighted by atomic mass is 79.9. The van der Waals surface area contributed by atoms with Crippen molar-refractivity contribution in [1.29, 1.82) is 0 Å². The standard InChI is InChI=1S/C17H22BrF2N3O2/c1-2-21-17(23-13-8-12-4-6-15(13)24-12)22-9-10-7-11(18)3-5-14(10)25-16(19)20/h3,5,7,12-13,15-16H,2,4,6,8-9H2,1H3,(H2,21,22,23). The summed E-state index contributed by atoms with van der Waals surface area (Å²) in [6, 6.07) is 5.17. The Hall–Kier alpha value is -1.41. The fraction of sp³-hybridized carbons (Fsp3) is 0.588. The Morgan fingerprint density at radius 2 is 2.28 bits per heavy atom. The van der Waals surface area contributed by atoms with Crippen LogP contribution < -0.4 is 15.4 Å². The number of guanidine groups is 1. The lowest BCUT2D eigenvalue weighted by molar-refractivity contribution is -0.0504. The molecule has 5 nitrogen and oxygen atoms in total. The van der Waals surface area contributed by atoms with Crippen molar-refractivity contribution in [3.05, 3.63) is 28.2 Å². The van der Waals surface area contributed by atoms with Gasteiger partial charge < -0.3 is 20.1 Å². The number of fused-ring (bicyclic) bond motifs is 2. The van der Waals surface area contributed by atoms with Gasteiger partial charge in [-0.2, -0.15) is 8.78 Å². The van der Waals surface area contributed by atoms with Crippen molar-refractivity contribution in [3.8, 4) is 5.75 Å². The highest BCUT2D eigenvalue weighted by Crippen LogP contribution is 2.34. The lowest BCUT2D eigenvalue weighted by Gasteiger charge is -2.22. The molecule has 1 aromatic rings. The van der Waals surface area contributed by atoms with E-state index in [0.717, 1.165) is 23.7 Å². The van der Waals surface area contributed by atoms with E-state index in [0.29, 0.717) is 24.2 Å². The molecule has 8 heteroatoms. The molecule has 2 N–H and O–H groups in total. The van der Waals surface area contributed by atoms with Gasteiger partial charge in [-0.15, -0.1) is 0 Å². The predicted octanol–water partition coefficient (Wildman–Crippen LogP) is 3.43. The van der Waals surface area contributed by atoms with Crippen molar-refractivity contribution in [3.63, 3.8) is 0 Å². The zero-order chi connectivity index (χ0) is 17.8. The van der Waals surface area contributed by atoms with E-state index < -0.39 is 6.61 Å². The first-order valence-electron chi connectivity index (χ1n) is 8.48. The molecule has 2 heterocycles. The number of aliphatic imine (C=N–C) groups is 1. The molecule has 0 aromatic heterocycles. The van der Waals surface area contributed by atoms with Crippen LogP contribution >= 0.6 is 15.9 Å². The molecule has 138 valence electrons. The molecule has 0 aliphatic carbocycles. The van der Waals surface area contributed by atoms with Crippen LogP contribution in [0.4, 0.5) is 8.78 Å². The molecule has 2 bridgehead atoms. The van der Waals surface area contributed by atoms with Crippen LogP contribution in [0, 0.1) is 0 Å². The molecule has 2 aliphatic heterocycles. The Labute approximate surface area is 154 Å². The highest BCUT2D eigenvalue weighted by Gasteiger charge is 2.41. The molecule has 0 saturated carbocycles. The van der Waals surface area contributed by atoms with Crippen LogP contribution in [-0.2, 0) is 11.3 Å². The van der Waals surface area contributed by atoms with Gasteiger partial charge in [-0.25, -0.2) is 4.99 Å². The molecule has 0 radical (unpaired) electrons. The quantitative estimate of drug-likeness (QED) is 0.549. The highest BCUT2D eigenvalue weighted by molar-refractivity contribution is 9.10. The van der Waals surface area contributed by atoms with E-state index in [1.807, 2.05) is 6.92 Å². The van der Waals surface area contributed by atoms with Crippen molar-refractivity contribution in [2.45, 2.75) is 57.6 Å². The summed E-state index contributed by atoms with van der Waals surface area (Å²) in [6.07, 6.45) is 3.76. The molecular weight excluding hydrogens is 396 g/mol. The minimum absolute atomic E-state index is 0.140. The van der Waals surface area contributed by atoms with E-state index in [2.05, 4.69) is 36.3 Å². The number of halogens is 3. The summed E-state index contributed by atoms with van der Waals surface area (Å²) in [5, 5.41) is 6.60. The molecule has 0 amide bonds. The molecule has 3 rings (SSSR count). The van der Waals surface area contributed by atoms with Gasteiger partial charge in [0.05, 0.1) is 24.8 Å². The number of nitrogens with zero attached hydrogens (tertiary/aromatic N) is 1. The lowest BCUT2D eigenvalue weighted by Crippen LogP contribution is -2.47. The Bertz CT molecular complexity index is 630. The minimum atomic E-state index is -2.86. The first-order valence-corrected chi connectivity index (χ1v) is 9.28. The number of hydrogen-bond donors (Lipinski definition) is 2. The Kier molecular flexibility index (Phi) is 6.11. The Morgan fingerprint density at radius 3 is 2.92 bits per heavy atom. The smallest absolute Gasteiger partial charge is 0.387 e. The molecule has 3 atom stereocenters. The third-order valence-electron chi connectivity index (χ3n) is 4.42. The van der Waals surface area contributed by atoms with E-state index in [9.17, 15) is 8.78 Å². The van der Waals surface area contributed by atoms with E-state index in [4.69, 9.17) is 4.74 Å². The van der Waals surface area contributed by atoms with Crippen LogP contribution in [0.1, 0.15) is 31.7 Å². The van der Waals surface area contributed by atoms with Gasteiger partial charge in [0.25, 0.3) is 0 Å². The minimum Gasteiger partial charge on any atom is -0.434 e. The van der Waals surface area contributed by atoms with Gasteiger partial charge in [-0.3, -0.25) is 0 Å². The monoisotopic (exact) mass is 417 g/mol. The molecule has 0 spiro atoms. The molecule has 25 heavy (non-hydrogen) atoms. The maximum atomic E-state index is 12.6. The van der Waals surface area contributed by atoms with Gasteiger partial charge in [-0.1, -0.05) is 15.9 Å². The zero-order valence-electron chi connectivity index (χ0n) is 14.0. The summed E-state index contributed by atoms with van der Waals surface area (Å²) in [5.74, 6) is 0.799. The summed E-state index contributed by atoms with van der Waals surface area (Å²) in [7, 11) is 0. The SMILES string of the molecule is CCNC(=NCc1cc(Br)ccc1OC(F)F)NC1CC2CCC1O2. The van der Waals surface area contributed by atoms with Gasteiger partial charge >= 0.3 is 6.61 Å². The number of alkyl halides is 2. The second kappa shape index (κ2) is 8.31. The molecule has 3 unspecified atom stereocenters. The van der Waals surface area contributed by atoms with Crippen molar-refractivity contribution >= 4 is 21.9 Å². The molecule has 2 fully saturated rings. The average Bonchev–Trinajstić information content (AvgIpc) is 3.17. The molecular formula is C17H22BrF2N3O2. The summed E-state index contributed by atoms with van der Waals surface area (Å²) in [4.78, 5) is 4.53. The van der Waals surface area contributed by atoms with Crippen LogP contribution in [0.25, 0.3) is 0 Å². The average molecular weight is 418 g/mol. The van der Waals surface area contributed by atoms with Crippen LogP contribution in [0.2, 0.25) is 0 Å². The van der Waals surface area contributed by atoms with Crippen LogP contribution in [0.3, 0.4) is 0 Å². The number of ether oxygens (including phenoxy) is 2. The van der Waals surface area contributed by atoms with Gasteiger partial charge in [0.1, 0.15) is 5.75 Å². The second-order valence-corrected chi connectivity index (χ2v) is 7.10. The van der Waals surface area contributed by atoms with Crippen LogP contribution in [0.5, 0.6) is 5.75 Å². The second-order valence-electron chi connectivity index (χ2n) is 6.19.